The second-order valence-corrected chi connectivity index (χ2v) is 6.39. The summed E-state index contributed by atoms with van der Waals surface area (Å²) in [5.41, 5.74) is 1.70. The van der Waals surface area contributed by atoms with Crippen LogP contribution in [0, 0.1) is 0 Å². The highest BCUT2D eigenvalue weighted by atomic mass is 35.5. The van der Waals surface area contributed by atoms with Gasteiger partial charge in [0, 0.05) is 55.9 Å². The van der Waals surface area contributed by atoms with E-state index in [1.165, 1.54) is 6.42 Å². The number of halogens is 2. The van der Waals surface area contributed by atoms with E-state index in [1.54, 1.807) is 6.20 Å². The van der Waals surface area contributed by atoms with Crippen LogP contribution < -0.4 is 5.32 Å². The number of nitrogens with one attached hydrogen (secondary N) is 1. The molecule has 1 aromatic carbocycles. The first-order valence-corrected chi connectivity index (χ1v) is 8.40. The number of piperazine rings is 1. The van der Waals surface area contributed by atoms with Crippen molar-refractivity contribution in [1.82, 2.24) is 20.1 Å². The summed E-state index contributed by atoms with van der Waals surface area (Å²) >= 11 is 0. The third-order valence-corrected chi connectivity index (χ3v) is 5.00. The summed E-state index contributed by atoms with van der Waals surface area (Å²) in [5, 5.41) is 4.44. The number of carbonyl (C=O) groups is 1. The Morgan fingerprint density at radius 1 is 1.12 bits per heavy atom. The molecule has 2 saturated heterocycles. The predicted octanol–water partition coefficient (Wildman–Crippen LogP) is 2.20. The Labute approximate surface area is 160 Å². The first-order chi connectivity index (χ1) is 11.3. The minimum absolute atomic E-state index is 0. The third-order valence-electron chi connectivity index (χ3n) is 5.00. The molecule has 0 saturated carbocycles. The molecule has 1 aromatic heterocycles. The van der Waals surface area contributed by atoms with Gasteiger partial charge < -0.3 is 10.2 Å². The van der Waals surface area contributed by atoms with Crippen molar-refractivity contribution in [3.05, 3.63) is 42.1 Å². The number of nitrogens with zero attached hydrogens (tertiary/aromatic N) is 3. The number of rotatable bonds is 2. The quantitative estimate of drug-likeness (QED) is 0.864. The number of pyridine rings is 1. The van der Waals surface area contributed by atoms with Gasteiger partial charge in [0.25, 0.3) is 5.91 Å². The van der Waals surface area contributed by atoms with Crippen LogP contribution in [0.1, 0.15) is 16.8 Å². The zero-order valence-electron chi connectivity index (χ0n) is 14.1. The van der Waals surface area contributed by atoms with Crippen LogP contribution in [0.15, 0.2) is 36.5 Å². The van der Waals surface area contributed by atoms with Crippen LogP contribution in [-0.2, 0) is 0 Å². The molecule has 0 bridgehead atoms. The minimum atomic E-state index is 0. The van der Waals surface area contributed by atoms with E-state index >= 15 is 0 Å². The van der Waals surface area contributed by atoms with Crippen molar-refractivity contribution in [3.8, 4) is 0 Å². The average molecular weight is 383 g/mol. The van der Waals surface area contributed by atoms with E-state index in [4.69, 9.17) is 0 Å². The molecule has 2 aliphatic rings. The molecule has 2 aliphatic heterocycles. The van der Waals surface area contributed by atoms with Crippen molar-refractivity contribution in [1.29, 1.82) is 0 Å². The fourth-order valence-corrected chi connectivity index (χ4v) is 3.63. The van der Waals surface area contributed by atoms with Crippen molar-refractivity contribution < 1.29 is 4.79 Å². The Kier molecular flexibility index (Phi) is 7.02. The molecule has 0 spiro atoms. The average Bonchev–Trinajstić information content (AvgIpc) is 3.15. The molecule has 2 aromatic rings. The van der Waals surface area contributed by atoms with Crippen LogP contribution in [0.3, 0.4) is 0 Å². The zero-order valence-corrected chi connectivity index (χ0v) is 15.7. The normalized spacial score (nSPS) is 20.8. The Balaban J connectivity index is 0.00000113. The zero-order chi connectivity index (χ0) is 15.6. The van der Waals surface area contributed by atoms with Crippen LogP contribution >= 0.6 is 24.8 Å². The summed E-state index contributed by atoms with van der Waals surface area (Å²) < 4.78 is 0. The Morgan fingerprint density at radius 2 is 1.92 bits per heavy atom. The molecule has 1 atom stereocenters. The largest absolute Gasteiger partial charge is 0.336 e. The number of aromatic nitrogens is 1. The van der Waals surface area contributed by atoms with E-state index in [0.717, 1.165) is 55.7 Å². The molecule has 1 N–H and O–H groups in total. The lowest BCUT2D eigenvalue weighted by Crippen LogP contribution is -2.52. The van der Waals surface area contributed by atoms with Crippen LogP contribution in [0.25, 0.3) is 10.9 Å². The van der Waals surface area contributed by atoms with Gasteiger partial charge in [-0.3, -0.25) is 14.7 Å². The van der Waals surface area contributed by atoms with Gasteiger partial charge in [0.15, 0.2) is 0 Å². The lowest BCUT2D eigenvalue weighted by Gasteiger charge is -2.37. The molecule has 1 amide bonds. The van der Waals surface area contributed by atoms with Crippen molar-refractivity contribution in [2.24, 2.45) is 0 Å². The molecule has 25 heavy (non-hydrogen) atoms. The highest BCUT2D eigenvalue weighted by Crippen LogP contribution is 2.17. The summed E-state index contributed by atoms with van der Waals surface area (Å²) in [7, 11) is 0. The standard InChI is InChI=1S/C18H22N4O.2ClH/c23-18(15-3-4-17-14(12-15)2-1-6-20-17)22-10-8-21(9-11-22)16-5-7-19-13-16;;/h1-4,6,12,16,19H,5,7-11,13H2;2*1H. The number of amides is 1. The van der Waals surface area contributed by atoms with Crippen molar-refractivity contribution in [3.63, 3.8) is 0 Å². The maximum Gasteiger partial charge on any atom is 0.253 e. The highest BCUT2D eigenvalue weighted by Gasteiger charge is 2.28. The van der Waals surface area contributed by atoms with E-state index in [9.17, 15) is 4.79 Å². The Hall–Kier alpha value is -1.40. The van der Waals surface area contributed by atoms with Crippen molar-refractivity contribution in [2.45, 2.75) is 12.5 Å². The first-order valence-electron chi connectivity index (χ1n) is 8.40. The molecule has 0 radical (unpaired) electrons. The summed E-state index contributed by atoms with van der Waals surface area (Å²) in [6, 6.07) is 10.3. The van der Waals surface area contributed by atoms with Gasteiger partial charge in [-0.05, 0) is 37.2 Å². The van der Waals surface area contributed by atoms with Crippen LogP contribution in [-0.4, -0.2) is 66.0 Å². The van der Waals surface area contributed by atoms with Crippen LogP contribution in [0.2, 0.25) is 0 Å². The Bertz CT molecular complexity index is 713. The molecule has 7 heteroatoms. The second kappa shape index (κ2) is 8.81. The number of hydrogen-bond acceptors (Lipinski definition) is 4. The van der Waals surface area contributed by atoms with Crippen molar-refractivity contribution >= 4 is 41.6 Å². The highest BCUT2D eigenvalue weighted by molar-refractivity contribution is 5.98. The van der Waals surface area contributed by atoms with Gasteiger partial charge >= 0.3 is 0 Å². The van der Waals surface area contributed by atoms with E-state index < -0.39 is 0 Å². The maximum absolute atomic E-state index is 12.7. The smallest absolute Gasteiger partial charge is 0.253 e. The summed E-state index contributed by atoms with van der Waals surface area (Å²) in [6.07, 6.45) is 3.01. The van der Waals surface area contributed by atoms with Gasteiger partial charge in [-0.1, -0.05) is 6.07 Å². The van der Waals surface area contributed by atoms with E-state index in [2.05, 4.69) is 15.2 Å². The fraction of sp³-hybridized carbons (Fsp3) is 0.444. The lowest BCUT2D eigenvalue weighted by molar-refractivity contribution is 0.0584. The van der Waals surface area contributed by atoms with Crippen LogP contribution in [0.4, 0.5) is 0 Å². The molecule has 4 rings (SSSR count). The van der Waals surface area contributed by atoms with E-state index in [-0.39, 0.29) is 30.7 Å². The SMILES string of the molecule is Cl.Cl.O=C(c1ccc2ncccc2c1)N1CCN(C2CCNC2)CC1. The molecule has 0 aliphatic carbocycles. The summed E-state index contributed by atoms with van der Waals surface area (Å²) in [6.45, 7) is 5.81. The van der Waals surface area contributed by atoms with Gasteiger partial charge in [-0.15, -0.1) is 24.8 Å². The van der Waals surface area contributed by atoms with Crippen molar-refractivity contribution in [2.75, 3.05) is 39.3 Å². The third kappa shape index (κ3) is 4.23. The van der Waals surface area contributed by atoms with Gasteiger partial charge in [0.05, 0.1) is 5.52 Å². The number of fused-ring (bicyclic) bond motifs is 1. The Morgan fingerprint density at radius 3 is 2.64 bits per heavy atom. The summed E-state index contributed by atoms with van der Waals surface area (Å²) in [5.74, 6) is 0.139. The fourth-order valence-electron chi connectivity index (χ4n) is 3.63. The first kappa shape index (κ1) is 19.9. The maximum atomic E-state index is 12.7. The topological polar surface area (TPSA) is 48.5 Å². The van der Waals surface area contributed by atoms with Gasteiger partial charge in [-0.25, -0.2) is 0 Å². The van der Waals surface area contributed by atoms with Crippen LogP contribution in [0.5, 0.6) is 0 Å². The molecule has 5 nitrogen and oxygen atoms in total. The molecule has 1 unspecified atom stereocenters. The molecule has 136 valence electrons. The molecule has 3 heterocycles. The van der Waals surface area contributed by atoms with Gasteiger partial charge in [0.2, 0.25) is 0 Å². The minimum Gasteiger partial charge on any atom is -0.336 e. The van der Waals surface area contributed by atoms with E-state index in [0.29, 0.717) is 6.04 Å². The molecular weight excluding hydrogens is 359 g/mol. The molecular formula is C18H24Cl2N4O. The number of hydrogen-bond donors (Lipinski definition) is 1. The monoisotopic (exact) mass is 382 g/mol. The summed E-state index contributed by atoms with van der Waals surface area (Å²) in [4.78, 5) is 21.6. The molecule has 2 fully saturated rings. The number of carbonyl (C=O) groups excluding carboxylic acids is 1. The van der Waals surface area contributed by atoms with Gasteiger partial charge in [-0.2, -0.15) is 0 Å². The second-order valence-electron chi connectivity index (χ2n) is 6.39. The van der Waals surface area contributed by atoms with E-state index in [1.807, 2.05) is 35.2 Å². The number of benzene rings is 1. The predicted molar refractivity (Wildman–Crippen MR) is 105 cm³/mol. The van der Waals surface area contributed by atoms with Gasteiger partial charge in [0.1, 0.15) is 0 Å². The lowest BCUT2D eigenvalue weighted by atomic mass is 10.1.